The predicted octanol–water partition coefficient (Wildman–Crippen LogP) is 2.39. The van der Waals surface area contributed by atoms with Crippen LogP contribution < -0.4 is 10.6 Å². The summed E-state index contributed by atoms with van der Waals surface area (Å²) in [5.74, 6) is 0.223. The van der Waals surface area contributed by atoms with Crippen molar-refractivity contribution in [2.75, 3.05) is 17.6 Å². The summed E-state index contributed by atoms with van der Waals surface area (Å²) in [4.78, 5) is 12.0. The number of aromatic nitrogens is 1. The molecule has 2 heterocycles. The van der Waals surface area contributed by atoms with Crippen LogP contribution in [0.25, 0.3) is 10.9 Å². The number of rotatable bonds is 3. The van der Waals surface area contributed by atoms with Crippen molar-refractivity contribution in [2.45, 2.75) is 24.5 Å². The van der Waals surface area contributed by atoms with Gasteiger partial charge in [0.25, 0.3) is 0 Å². The molecule has 1 unspecified atom stereocenters. The molecule has 0 radical (unpaired) electrons. The van der Waals surface area contributed by atoms with Crippen LogP contribution in [0.5, 0.6) is 0 Å². The summed E-state index contributed by atoms with van der Waals surface area (Å²) in [7, 11) is -3.07. The number of nitrogens with zero attached hydrogens (tertiary/aromatic N) is 1. The fraction of sp³-hybridized carbons (Fsp3) is 0.429. The third-order valence-electron chi connectivity index (χ3n) is 3.81. The van der Waals surface area contributed by atoms with Gasteiger partial charge < -0.3 is 5.32 Å². The van der Waals surface area contributed by atoms with Crippen LogP contribution in [-0.2, 0) is 9.84 Å². The summed E-state index contributed by atoms with van der Waals surface area (Å²) in [5, 5.41) is 6.48. The second kappa shape index (κ2) is 6.21. The van der Waals surface area contributed by atoms with Gasteiger partial charge in [-0.2, -0.15) is 4.37 Å². The first-order chi connectivity index (χ1) is 10.6. The molecular weight excluding hydrogens is 322 g/mol. The van der Waals surface area contributed by atoms with Crippen LogP contribution in [0.2, 0.25) is 0 Å². The van der Waals surface area contributed by atoms with Crippen molar-refractivity contribution in [3.05, 3.63) is 24.3 Å². The Kier molecular flexibility index (Phi) is 4.30. The third-order valence-corrected chi connectivity index (χ3v) is 6.88. The summed E-state index contributed by atoms with van der Waals surface area (Å²) in [5.41, 5.74) is 0.831. The van der Waals surface area contributed by atoms with Crippen LogP contribution in [0.1, 0.15) is 19.3 Å². The average Bonchev–Trinajstić information content (AvgIpc) is 2.89. The van der Waals surface area contributed by atoms with Crippen LogP contribution in [-0.4, -0.2) is 36.4 Å². The first-order valence-electron chi connectivity index (χ1n) is 7.17. The molecule has 8 heteroatoms. The molecule has 1 aromatic carbocycles. The largest absolute Gasteiger partial charge is 0.337 e. The summed E-state index contributed by atoms with van der Waals surface area (Å²) in [6, 6.07) is 7.15. The Hall–Kier alpha value is -1.67. The van der Waals surface area contributed by atoms with Crippen molar-refractivity contribution in [1.29, 1.82) is 0 Å². The quantitative estimate of drug-likeness (QED) is 0.899. The van der Waals surface area contributed by atoms with Crippen LogP contribution in [0.4, 0.5) is 9.80 Å². The van der Waals surface area contributed by atoms with E-state index in [1.54, 1.807) is 0 Å². The molecule has 118 valence electrons. The van der Waals surface area contributed by atoms with E-state index >= 15 is 0 Å². The molecule has 1 aromatic heterocycles. The Labute approximate surface area is 133 Å². The number of amides is 2. The normalized spacial score (nSPS) is 20.6. The van der Waals surface area contributed by atoms with Gasteiger partial charge in [0.1, 0.15) is 5.00 Å². The highest BCUT2D eigenvalue weighted by molar-refractivity contribution is 7.92. The molecule has 0 spiro atoms. The minimum atomic E-state index is -3.07. The third kappa shape index (κ3) is 3.22. The number of benzene rings is 1. The van der Waals surface area contributed by atoms with Crippen LogP contribution in [0, 0.1) is 0 Å². The predicted molar refractivity (Wildman–Crippen MR) is 88.1 cm³/mol. The molecule has 6 nitrogen and oxygen atoms in total. The van der Waals surface area contributed by atoms with E-state index in [1.165, 1.54) is 11.5 Å². The molecule has 2 aromatic rings. The van der Waals surface area contributed by atoms with E-state index in [-0.39, 0.29) is 12.3 Å². The number of carbonyl (C=O) groups is 1. The molecule has 1 saturated heterocycles. The maximum atomic E-state index is 12.0. The summed E-state index contributed by atoms with van der Waals surface area (Å²) in [6.45, 7) is 0.158. The molecule has 0 aliphatic carbocycles. The molecule has 1 atom stereocenters. The van der Waals surface area contributed by atoms with Crippen LogP contribution >= 0.6 is 11.5 Å². The first-order valence-corrected chi connectivity index (χ1v) is 9.66. The van der Waals surface area contributed by atoms with E-state index in [0.717, 1.165) is 23.7 Å². The van der Waals surface area contributed by atoms with Gasteiger partial charge in [-0.15, -0.1) is 0 Å². The maximum Gasteiger partial charge on any atom is 0.319 e. The van der Waals surface area contributed by atoms with Crippen molar-refractivity contribution in [2.24, 2.45) is 0 Å². The number of anilines is 1. The zero-order chi connectivity index (χ0) is 15.6. The minimum Gasteiger partial charge on any atom is -0.337 e. The monoisotopic (exact) mass is 339 g/mol. The first kappa shape index (κ1) is 15.2. The van der Waals surface area contributed by atoms with Gasteiger partial charge in [0.05, 0.1) is 16.5 Å². The molecule has 0 bridgehead atoms. The lowest BCUT2D eigenvalue weighted by Gasteiger charge is -2.22. The summed E-state index contributed by atoms with van der Waals surface area (Å²) in [6.07, 6.45) is 2.23. The van der Waals surface area contributed by atoms with E-state index < -0.39 is 21.1 Å². The number of carbonyl (C=O) groups excluding carboxylic acids is 1. The van der Waals surface area contributed by atoms with Gasteiger partial charge in [0, 0.05) is 11.9 Å². The minimum absolute atomic E-state index is 0.158. The molecular formula is C14H17N3O3S2. The maximum absolute atomic E-state index is 12.0. The summed E-state index contributed by atoms with van der Waals surface area (Å²) < 4.78 is 28.1. The second-order valence-electron chi connectivity index (χ2n) is 5.35. The molecule has 0 saturated carbocycles. The lowest BCUT2D eigenvalue weighted by Crippen LogP contribution is -2.41. The van der Waals surface area contributed by atoms with Crippen LogP contribution in [0.3, 0.4) is 0 Å². The summed E-state index contributed by atoms with van der Waals surface area (Å²) >= 11 is 1.21. The second-order valence-corrected chi connectivity index (χ2v) is 8.52. The fourth-order valence-electron chi connectivity index (χ4n) is 2.58. The van der Waals surface area contributed by atoms with E-state index in [9.17, 15) is 13.2 Å². The highest BCUT2D eigenvalue weighted by Gasteiger charge is 2.28. The van der Waals surface area contributed by atoms with Gasteiger partial charge in [-0.3, -0.25) is 5.32 Å². The van der Waals surface area contributed by atoms with Crippen molar-refractivity contribution >= 4 is 43.3 Å². The smallest absolute Gasteiger partial charge is 0.319 e. The number of sulfone groups is 1. The van der Waals surface area contributed by atoms with Gasteiger partial charge in [0.15, 0.2) is 9.84 Å². The Morgan fingerprint density at radius 2 is 2.14 bits per heavy atom. The number of hydrogen-bond acceptors (Lipinski definition) is 5. The van der Waals surface area contributed by atoms with Crippen molar-refractivity contribution in [1.82, 2.24) is 9.69 Å². The van der Waals surface area contributed by atoms with Gasteiger partial charge in [-0.25, -0.2) is 13.2 Å². The Morgan fingerprint density at radius 3 is 2.95 bits per heavy atom. The zero-order valence-electron chi connectivity index (χ0n) is 11.9. The lowest BCUT2D eigenvalue weighted by molar-refractivity contribution is 0.252. The Morgan fingerprint density at radius 1 is 1.32 bits per heavy atom. The molecule has 1 fully saturated rings. The zero-order valence-corrected chi connectivity index (χ0v) is 13.5. The molecule has 22 heavy (non-hydrogen) atoms. The van der Waals surface area contributed by atoms with E-state index in [4.69, 9.17) is 0 Å². The molecule has 1 aliphatic heterocycles. The van der Waals surface area contributed by atoms with Crippen molar-refractivity contribution < 1.29 is 13.2 Å². The topological polar surface area (TPSA) is 88.2 Å². The van der Waals surface area contributed by atoms with Gasteiger partial charge in [-0.1, -0.05) is 18.6 Å². The van der Waals surface area contributed by atoms with E-state index in [1.807, 2.05) is 24.3 Å². The van der Waals surface area contributed by atoms with E-state index in [2.05, 4.69) is 15.0 Å². The van der Waals surface area contributed by atoms with E-state index in [0.29, 0.717) is 11.4 Å². The number of hydrogen-bond donors (Lipinski definition) is 2. The van der Waals surface area contributed by atoms with Gasteiger partial charge in [0.2, 0.25) is 0 Å². The number of urea groups is 1. The fourth-order valence-corrected chi connectivity index (χ4v) is 5.14. The SMILES string of the molecule is O=C(NCC1CCCCS1(=O)=O)Nc1snc2ccccc12. The lowest BCUT2D eigenvalue weighted by atomic mass is 10.2. The van der Waals surface area contributed by atoms with Crippen LogP contribution in [0.15, 0.2) is 24.3 Å². The van der Waals surface area contributed by atoms with Gasteiger partial charge in [-0.05, 0) is 36.5 Å². The average molecular weight is 339 g/mol. The molecule has 2 amide bonds. The highest BCUT2D eigenvalue weighted by Crippen LogP contribution is 2.27. The highest BCUT2D eigenvalue weighted by atomic mass is 32.2. The van der Waals surface area contributed by atoms with Gasteiger partial charge >= 0.3 is 6.03 Å². The van der Waals surface area contributed by atoms with Crippen molar-refractivity contribution in [3.8, 4) is 0 Å². The molecule has 2 N–H and O–H groups in total. The van der Waals surface area contributed by atoms with Crippen molar-refractivity contribution in [3.63, 3.8) is 0 Å². The Balaban J connectivity index is 1.61. The number of fused-ring (bicyclic) bond motifs is 1. The molecule has 3 rings (SSSR count). The number of nitrogens with one attached hydrogen (secondary N) is 2. The standard InChI is InChI=1S/C14H17N3O3S2/c18-14(15-9-10-5-3-4-8-22(10,19)20)16-13-11-6-1-2-7-12(11)17-21-13/h1-2,6-7,10H,3-5,8-9H2,(H2,15,16,18). The Bertz CT molecular complexity index is 785. The molecule has 1 aliphatic rings.